The molecule has 2 fully saturated rings. The van der Waals surface area contributed by atoms with Gasteiger partial charge in [-0.25, -0.2) is 4.98 Å². The van der Waals surface area contributed by atoms with Gasteiger partial charge in [0.25, 0.3) is 0 Å². The molecule has 4 nitrogen and oxygen atoms in total. The molecule has 0 spiro atoms. The van der Waals surface area contributed by atoms with Crippen molar-refractivity contribution in [3.05, 3.63) is 44.9 Å². The minimum Gasteiger partial charge on any atom is -0.486 e. The van der Waals surface area contributed by atoms with Crippen molar-refractivity contribution in [2.45, 2.75) is 78.5 Å². The van der Waals surface area contributed by atoms with Crippen molar-refractivity contribution in [2.24, 2.45) is 5.92 Å². The van der Waals surface area contributed by atoms with Crippen LogP contribution in [0.25, 0.3) is 0 Å². The summed E-state index contributed by atoms with van der Waals surface area (Å²) in [5.74, 6) is 1.54. The Balaban J connectivity index is 1.39. The van der Waals surface area contributed by atoms with Gasteiger partial charge in [-0.3, -0.25) is 4.79 Å². The summed E-state index contributed by atoms with van der Waals surface area (Å²) < 4.78 is 6.06. The van der Waals surface area contributed by atoms with Gasteiger partial charge in [0.05, 0.1) is 12.2 Å². The molecule has 2 aliphatic rings. The average molecular weight is 399 g/mol. The molecule has 0 bridgehead atoms. The van der Waals surface area contributed by atoms with Crippen LogP contribution in [0.4, 0.5) is 0 Å². The number of carbonyl (C=O) groups excluding carboxylic acids is 1. The molecule has 0 unspecified atom stereocenters. The summed E-state index contributed by atoms with van der Waals surface area (Å²) in [7, 11) is 0. The van der Waals surface area contributed by atoms with Gasteiger partial charge in [0.15, 0.2) is 0 Å². The second-order valence-electron chi connectivity index (χ2n) is 8.40. The first-order chi connectivity index (χ1) is 13.5. The van der Waals surface area contributed by atoms with Gasteiger partial charge in [0.1, 0.15) is 17.4 Å². The summed E-state index contributed by atoms with van der Waals surface area (Å²) in [6.45, 7) is 7.44. The second-order valence-corrected chi connectivity index (χ2v) is 9.35. The van der Waals surface area contributed by atoms with Gasteiger partial charge in [0, 0.05) is 17.3 Å². The van der Waals surface area contributed by atoms with Gasteiger partial charge >= 0.3 is 0 Å². The molecule has 4 rings (SSSR count). The lowest BCUT2D eigenvalue weighted by Crippen LogP contribution is -2.36. The first kappa shape index (κ1) is 19.4. The molecular weight excluding hydrogens is 368 g/mol. The van der Waals surface area contributed by atoms with E-state index in [2.05, 4.69) is 43.2 Å². The minimum atomic E-state index is 0.245. The maximum Gasteiger partial charge on any atom is 0.226 e. The number of aryl methyl sites for hydroxylation is 2. The van der Waals surface area contributed by atoms with E-state index in [4.69, 9.17) is 9.72 Å². The van der Waals surface area contributed by atoms with Crippen LogP contribution in [0.15, 0.2) is 17.5 Å². The summed E-state index contributed by atoms with van der Waals surface area (Å²) in [6.07, 6.45) is 6.81. The first-order valence-corrected chi connectivity index (χ1v) is 11.3. The molecule has 2 saturated carbocycles. The molecule has 2 aliphatic carbocycles. The lowest BCUT2D eigenvalue weighted by Gasteiger charge is -2.24. The van der Waals surface area contributed by atoms with E-state index in [-0.39, 0.29) is 5.92 Å². The fourth-order valence-electron chi connectivity index (χ4n) is 4.13. The van der Waals surface area contributed by atoms with Crippen LogP contribution in [-0.4, -0.2) is 21.8 Å². The summed E-state index contributed by atoms with van der Waals surface area (Å²) in [6, 6.07) is 4.70. The molecule has 2 aromatic rings. The Morgan fingerprint density at radius 1 is 1.18 bits per heavy atom. The SMILES string of the molecule is Cc1cc(C)c(C)c(OCc2nc(CN(C(=O)C3CCCC3)C3CC3)cs2)c1. The summed E-state index contributed by atoms with van der Waals surface area (Å²) in [5.41, 5.74) is 4.65. The third kappa shape index (κ3) is 4.40. The van der Waals surface area contributed by atoms with Crippen LogP contribution < -0.4 is 4.74 Å². The van der Waals surface area contributed by atoms with E-state index in [1.54, 1.807) is 11.3 Å². The molecular formula is C23H30N2O2S. The number of carbonyl (C=O) groups is 1. The van der Waals surface area contributed by atoms with E-state index in [1.165, 1.54) is 29.5 Å². The number of hydrogen-bond donors (Lipinski definition) is 0. The molecule has 1 aromatic heterocycles. The molecule has 5 heteroatoms. The van der Waals surface area contributed by atoms with Crippen LogP contribution in [0.3, 0.4) is 0 Å². The number of benzene rings is 1. The number of ether oxygens (including phenoxy) is 1. The molecule has 0 N–H and O–H groups in total. The normalized spacial score (nSPS) is 17.1. The lowest BCUT2D eigenvalue weighted by molar-refractivity contribution is -0.136. The van der Waals surface area contributed by atoms with Crippen LogP contribution in [0.2, 0.25) is 0 Å². The van der Waals surface area contributed by atoms with Gasteiger partial charge < -0.3 is 9.64 Å². The van der Waals surface area contributed by atoms with Crippen molar-refractivity contribution in [1.82, 2.24) is 9.88 Å². The molecule has 0 atom stereocenters. The van der Waals surface area contributed by atoms with Crippen molar-refractivity contribution in [3.63, 3.8) is 0 Å². The van der Waals surface area contributed by atoms with Gasteiger partial charge in [-0.2, -0.15) is 0 Å². The highest BCUT2D eigenvalue weighted by molar-refractivity contribution is 7.09. The van der Waals surface area contributed by atoms with Crippen molar-refractivity contribution in [1.29, 1.82) is 0 Å². The minimum absolute atomic E-state index is 0.245. The molecule has 1 aromatic carbocycles. The highest BCUT2D eigenvalue weighted by Crippen LogP contribution is 2.34. The summed E-state index contributed by atoms with van der Waals surface area (Å²) in [4.78, 5) is 19.8. The van der Waals surface area contributed by atoms with Crippen LogP contribution in [0.5, 0.6) is 5.75 Å². The lowest BCUT2D eigenvalue weighted by atomic mass is 10.1. The zero-order valence-electron chi connectivity index (χ0n) is 17.2. The number of rotatable bonds is 7. The molecule has 0 saturated heterocycles. The number of nitrogens with zero attached hydrogens (tertiary/aromatic N) is 2. The standard InChI is InChI=1S/C23H30N2O2S/c1-15-10-16(2)17(3)21(11-15)27-13-22-24-19(14-28-22)12-25(20-8-9-20)23(26)18-6-4-5-7-18/h10-11,14,18,20H,4-9,12-13H2,1-3H3. The Morgan fingerprint density at radius 2 is 1.93 bits per heavy atom. The second kappa shape index (κ2) is 8.24. The molecule has 1 heterocycles. The molecule has 0 aliphatic heterocycles. The van der Waals surface area contributed by atoms with Crippen molar-refractivity contribution in [2.75, 3.05) is 0 Å². The van der Waals surface area contributed by atoms with Crippen molar-refractivity contribution >= 4 is 17.2 Å². The van der Waals surface area contributed by atoms with Crippen LogP contribution in [0, 0.1) is 26.7 Å². The van der Waals surface area contributed by atoms with Gasteiger partial charge in [-0.1, -0.05) is 18.9 Å². The molecule has 1 amide bonds. The van der Waals surface area contributed by atoms with Crippen molar-refractivity contribution < 1.29 is 9.53 Å². The third-order valence-electron chi connectivity index (χ3n) is 6.02. The summed E-state index contributed by atoms with van der Waals surface area (Å²) >= 11 is 1.63. The van der Waals surface area contributed by atoms with E-state index in [0.29, 0.717) is 25.1 Å². The average Bonchev–Trinajstić information content (AvgIpc) is 3.17. The maximum atomic E-state index is 12.9. The van der Waals surface area contributed by atoms with Gasteiger partial charge in [-0.05, 0) is 69.2 Å². The van der Waals surface area contributed by atoms with Crippen LogP contribution in [0.1, 0.15) is 65.9 Å². The van der Waals surface area contributed by atoms with E-state index < -0.39 is 0 Å². The highest BCUT2D eigenvalue weighted by atomic mass is 32.1. The fourth-order valence-corrected chi connectivity index (χ4v) is 4.83. The molecule has 150 valence electrons. The zero-order chi connectivity index (χ0) is 19.7. The number of aromatic nitrogens is 1. The Hall–Kier alpha value is -1.88. The third-order valence-corrected chi connectivity index (χ3v) is 6.89. The van der Waals surface area contributed by atoms with Crippen LogP contribution in [-0.2, 0) is 17.9 Å². The predicted molar refractivity (Wildman–Crippen MR) is 113 cm³/mol. The van der Waals surface area contributed by atoms with Gasteiger partial charge in [0.2, 0.25) is 5.91 Å². The topological polar surface area (TPSA) is 42.4 Å². The predicted octanol–water partition coefficient (Wildman–Crippen LogP) is 5.33. The number of thiazole rings is 1. The smallest absolute Gasteiger partial charge is 0.226 e. The summed E-state index contributed by atoms with van der Waals surface area (Å²) in [5, 5.41) is 3.06. The van der Waals surface area contributed by atoms with E-state index >= 15 is 0 Å². The quantitative estimate of drug-likeness (QED) is 0.633. The Kier molecular flexibility index (Phi) is 5.72. The highest BCUT2D eigenvalue weighted by Gasteiger charge is 2.36. The number of hydrogen-bond acceptors (Lipinski definition) is 4. The maximum absolute atomic E-state index is 12.9. The molecule has 0 radical (unpaired) electrons. The van der Waals surface area contributed by atoms with E-state index in [9.17, 15) is 4.79 Å². The molecule has 28 heavy (non-hydrogen) atoms. The van der Waals surface area contributed by atoms with E-state index in [0.717, 1.165) is 42.1 Å². The number of amides is 1. The van der Waals surface area contributed by atoms with Crippen molar-refractivity contribution in [3.8, 4) is 5.75 Å². The van der Waals surface area contributed by atoms with Crippen LogP contribution >= 0.6 is 11.3 Å². The Labute approximate surface area is 171 Å². The fraction of sp³-hybridized carbons (Fsp3) is 0.565. The van der Waals surface area contributed by atoms with E-state index in [1.807, 2.05) is 0 Å². The monoisotopic (exact) mass is 398 g/mol. The first-order valence-electron chi connectivity index (χ1n) is 10.5. The largest absolute Gasteiger partial charge is 0.486 e. The Bertz CT molecular complexity index is 850. The Morgan fingerprint density at radius 3 is 2.64 bits per heavy atom. The van der Waals surface area contributed by atoms with Gasteiger partial charge in [-0.15, -0.1) is 11.3 Å². The zero-order valence-corrected chi connectivity index (χ0v) is 18.0.